The summed E-state index contributed by atoms with van der Waals surface area (Å²) < 4.78 is 2.03. The van der Waals surface area contributed by atoms with Crippen molar-refractivity contribution in [3.63, 3.8) is 0 Å². The normalized spacial score (nSPS) is 11.6. The Hall–Kier alpha value is -2.83. The largest absolute Gasteiger partial charge is 0.356 e. The van der Waals surface area contributed by atoms with Crippen molar-refractivity contribution in [3.8, 4) is 0 Å². The fraction of sp³-hybridized carbons (Fsp3) is 0.500. The molecule has 0 bridgehead atoms. The average Bonchev–Trinajstić information content (AvgIpc) is 2.98. The van der Waals surface area contributed by atoms with Crippen LogP contribution in [0, 0.1) is 19.8 Å². The monoisotopic (exact) mass is 398 g/mol. The van der Waals surface area contributed by atoms with Crippen LogP contribution in [0.15, 0.2) is 35.3 Å². The van der Waals surface area contributed by atoms with Crippen LogP contribution < -0.4 is 16.0 Å². The van der Waals surface area contributed by atoms with Crippen molar-refractivity contribution < 1.29 is 4.79 Å². The molecule has 0 aliphatic carbocycles. The number of benzene rings is 1. The number of guanidine groups is 1. The first-order chi connectivity index (χ1) is 13.9. The molecule has 158 valence electrons. The second kappa shape index (κ2) is 11.2. The van der Waals surface area contributed by atoms with Gasteiger partial charge >= 0.3 is 0 Å². The highest BCUT2D eigenvalue weighted by Gasteiger charge is 2.06. The third-order valence-corrected chi connectivity index (χ3v) is 4.43. The molecule has 2 aromatic rings. The number of carbonyl (C=O) groups excluding carboxylic acids is 1. The van der Waals surface area contributed by atoms with Gasteiger partial charge in [0.1, 0.15) is 0 Å². The summed E-state index contributed by atoms with van der Waals surface area (Å²) in [5.74, 6) is 1.15. The molecule has 29 heavy (non-hydrogen) atoms. The summed E-state index contributed by atoms with van der Waals surface area (Å²) in [4.78, 5) is 16.2. The fourth-order valence-corrected chi connectivity index (χ4v) is 3.09. The standard InChI is InChI=1S/C22H34N6O/c1-16(2)12-21(29)26-20-9-6-8-19(14-20)15-25-22(23-5)24-10-7-11-28-18(4)13-17(3)27-28/h6,8-9,13-14,16H,7,10-12,15H2,1-5H3,(H,26,29)(H2,23,24,25). The van der Waals surface area contributed by atoms with E-state index in [0.717, 1.165) is 42.4 Å². The van der Waals surface area contributed by atoms with Gasteiger partial charge in [0.25, 0.3) is 0 Å². The second-order valence-electron chi connectivity index (χ2n) is 7.70. The van der Waals surface area contributed by atoms with E-state index in [2.05, 4.69) is 39.0 Å². The van der Waals surface area contributed by atoms with E-state index in [0.29, 0.717) is 18.9 Å². The molecule has 3 N–H and O–H groups in total. The van der Waals surface area contributed by atoms with Gasteiger partial charge in [0.15, 0.2) is 5.96 Å². The number of anilines is 1. The van der Waals surface area contributed by atoms with Crippen LogP contribution in [-0.4, -0.2) is 35.2 Å². The number of rotatable bonds is 9. The molecule has 0 atom stereocenters. The summed E-state index contributed by atoms with van der Waals surface area (Å²) in [5.41, 5.74) is 4.14. The first-order valence-corrected chi connectivity index (χ1v) is 10.2. The predicted molar refractivity (Wildman–Crippen MR) is 119 cm³/mol. The molecule has 1 aromatic heterocycles. The van der Waals surface area contributed by atoms with E-state index in [4.69, 9.17) is 0 Å². The van der Waals surface area contributed by atoms with Crippen LogP contribution >= 0.6 is 0 Å². The van der Waals surface area contributed by atoms with E-state index < -0.39 is 0 Å². The third-order valence-electron chi connectivity index (χ3n) is 4.43. The van der Waals surface area contributed by atoms with Crippen molar-refractivity contribution in [2.24, 2.45) is 10.9 Å². The van der Waals surface area contributed by atoms with Crippen molar-refractivity contribution in [2.75, 3.05) is 18.9 Å². The van der Waals surface area contributed by atoms with Crippen LogP contribution in [0.1, 0.15) is 43.6 Å². The van der Waals surface area contributed by atoms with E-state index >= 15 is 0 Å². The number of nitrogens with zero attached hydrogens (tertiary/aromatic N) is 3. The van der Waals surface area contributed by atoms with Gasteiger partial charge in [-0.25, -0.2) is 0 Å². The van der Waals surface area contributed by atoms with Crippen LogP contribution in [0.2, 0.25) is 0 Å². The zero-order valence-corrected chi connectivity index (χ0v) is 18.2. The number of aromatic nitrogens is 2. The second-order valence-corrected chi connectivity index (χ2v) is 7.70. The molecule has 1 aromatic carbocycles. The molecule has 0 saturated carbocycles. The lowest BCUT2D eigenvalue weighted by molar-refractivity contribution is -0.116. The van der Waals surface area contributed by atoms with Gasteiger partial charge in [0.05, 0.1) is 5.69 Å². The summed E-state index contributed by atoms with van der Waals surface area (Å²) >= 11 is 0. The third kappa shape index (κ3) is 7.97. The maximum atomic E-state index is 12.0. The Labute approximate surface area is 174 Å². The lowest BCUT2D eigenvalue weighted by Gasteiger charge is -2.13. The lowest BCUT2D eigenvalue weighted by Crippen LogP contribution is -2.37. The van der Waals surface area contributed by atoms with Gasteiger partial charge in [-0.2, -0.15) is 5.10 Å². The van der Waals surface area contributed by atoms with Crippen LogP contribution in [0.25, 0.3) is 0 Å². The first kappa shape index (κ1) is 22.5. The van der Waals surface area contributed by atoms with Crippen LogP contribution in [-0.2, 0) is 17.9 Å². The number of nitrogens with one attached hydrogen (secondary N) is 3. The highest BCUT2D eigenvalue weighted by Crippen LogP contribution is 2.12. The minimum Gasteiger partial charge on any atom is -0.356 e. The molecule has 2 rings (SSSR count). The lowest BCUT2D eigenvalue weighted by atomic mass is 10.1. The predicted octanol–water partition coefficient (Wildman–Crippen LogP) is 3.24. The van der Waals surface area contributed by atoms with Gasteiger partial charge in [-0.1, -0.05) is 26.0 Å². The zero-order valence-electron chi connectivity index (χ0n) is 18.2. The summed E-state index contributed by atoms with van der Waals surface area (Å²) in [6, 6.07) is 9.97. The summed E-state index contributed by atoms with van der Waals surface area (Å²) in [6.45, 7) is 10.5. The Morgan fingerprint density at radius 1 is 1.21 bits per heavy atom. The molecule has 0 fully saturated rings. The van der Waals surface area contributed by atoms with Crippen molar-refractivity contribution >= 4 is 17.6 Å². The minimum absolute atomic E-state index is 0.0465. The Morgan fingerprint density at radius 2 is 2.00 bits per heavy atom. The molecule has 0 aliphatic heterocycles. The molecule has 7 heteroatoms. The Kier molecular flexibility index (Phi) is 8.70. The van der Waals surface area contributed by atoms with Crippen molar-refractivity contribution in [3.05, 3.63) is 47.3 Å². The van der Waals surface area contributed by atoms with Crippen molar-refractivity contribution in [1.82, 2.24) is 20.4 Å². The van der Waals surface area contributed by atoms with Gasteiger partial charge in [-0.15, -0.1) is 0 Å². The van der Waals surface area contributed by atoms with Crippen LogP contribution in [0.4, 0.5) is 5.69 Å². The van der Waals surface area contributed by atoms with Gasteiger partial charge in [-0.3, -0.25) is 14.5 Å². The highest BCUT2D eigenvalue weighted by atomic mass is 16.1. The van der Waals surface area contributed by atoms with Crippen LogP contribution in [0.3, 0.4) is 0 Å². The quantitative estimate of drug-likeness (QED) is 0.344. The van der Waals surface area contributed by atoms with Crippen LogP contribution in [0.5, 0.6) is 0 Å². The van der Waals surface area contributed by atoms with Crippen molar-refractivity contribution in [2.45, 2.75) is 53.6 Å². The molecular weight excluding hydrogens is 364 g/mol. The first-order valence-electron chi connectivity index (χ1n) is 10.2. The van der Waals surface area contributed by atoms with E-state index in [-0.39, 0.29) is 5.91 Å². The molecule has 0 radical (unpaired) electrons. The van der Waals surface area contributed by atoms with Gasteiger partial charge in [0.2, 0.25) is 5.91 Å². The summed E-state index contributed by atoms with van der Waals surface area (Å²) in [5, 5.41) is 14.1. The number of hydrogen-bond donors (Lipinski definition) is 3. The number of amides is 1. The van der Waals surface area contributed by atoms with E-state index in [9.17, 15) is 4.79 Å². The van der Waals surface area contributed by atoms with E-state index in [1.54, 1.807) is 7.05 Å². The topological polar surface area (TPSA) is 83.3 Å². The SMILES string of the molecule is CN=C(NCCCn1nc(C)cc1C)NCc1cccc(NC(=O)CC(C)C)c1. The molecule has 1 amide bonds. The molecule has 0 spiro atoms. The fourth-order valence-electron chi connectivity index (χ4n) is 3.09. The molecule has 0 saturated heterocycles. The summed E-state index contributed by atoms with van der Waals surface area (Å²) in [6.07, 6.45) is 1.48. The highest BCUT2D eigenvalue weighted by molar-refractivity contribution is 5.90. The molecule has 0 unspecified atom stereocenters. The maximum absolute atomic E-state index is 12.0. The van der Waals surface area contributed by atoms with Crippen molar-refractivity contribution in [1.29, 1.82) is 0 Å². The average molecular weight is 399 g/mol. The Bertz CT molecular complexity index is 824. The van der Waals surface area contributed by atoms with Gasteiger partial charge < -0.3 is 16.0 Å². The molecule has 7 nitrogen and oxygen atoms in total. The number of aliphatic imine (C=N–C) groups is 1. The van der Waals surface area contributed by atoms with Gasteiger partial charge in [0, 0.05) is 44.5 Å². The number of aryl methyl sites for hydroxylation is 3. The molecule has 1 heterocycles. The molecule has 0 aliphatic rings. The zero-order chi connectivity index (χ0) is 21.2. The maximum Gasteiger partial charge on any atom is 0.224 e. The summed E-state index contributed by atoms with van der Waals surface area (Å²) in [7, 11) is 1.76. The molecular formula is C22H34N6O. The van der Waals surface area contributed by atoms with E-state index in [1.165, 1.54) is 5.69 Å². The van der Waals surface area contributed by atoms with Gasteiger partial charge in [-0.05, 0) is 49.9 Å². The van der Waals surface area contributed by atoms with E-state index in [1.807, 2.05) is 49.7 Å². The Morgan fingerprint density at radius 3 is 2.66 bits per heavy atom. The number of hydrogen-bond acceptors (Lipinski definition) is 3. The smallest absolute Gasteiger partial charge is 0.224 e. The Balaban J connectivity index is 1.76. The number of carbonyl (C=O) groups is 1. The minimum atomic E-state index is 0.0465.